The van der Waals surface area contributed by atoms with Crippen LogP contribution >= 0.6 is 0 Å². The third-order valence-electron chi connectivity index (χ3n) is 2.25. The van der Waals surface area contributed by atoms with Gasteiger partial charge in [-0.1, -0.05) is 18.1 Å². The molecule has 0 fully saturated rings. The maximum atomic E-state index is 11.7. The number of hydrogen-bond donors (Lipinski definition) is 2. The van der Waals surface area contributed by atoms with Gasteiger partial charge in [-0.15, -0.1) is 6.42 Å². The van der Waals surface area contributed by atoms with Crippen LogP contribution in [0.3, 0.4) is 0 Å². The molecule has 0 heterocycles. The second kappa shape index (κ2) is 5.94. The Morgan fingerprint density at radius 1 is 1.50 bits per heavy atom. The first-order chi connectivity index (χ1) is 7.67. The average Bonchev–Trinajstić information content (AvgIpc) is 2.30. The van der Waals surface area contributed by atoms with Crippen molar-refractivity contribution in [3.8, 4) is 12.3 Å². The van der Waals surface area contributed by atoms with Crippen molar-refractivity contribution in [3.63, 3.8) is 0 Å². The summed E-state index contributed by atoms with van der Waals surface area (Å²) in [5.74, 6) is 2.30. The predicted molar refractivity (Wildman–Crippen MR) is 65.0 cm³/mol. The van der Waals surface area contributed by atoms with Crippen LogP contribution in [0.5, 0.6) is 0 Å². The molecule has 16 heavy (non-hydrogen) atoms. The summed E-state index contributed by atoms with van der Waals surface area (Å²) in [6.07, 6.45) is 6.01. The fourth-order valence-electron chi connectivity index (χ4n) is 1.31. The summed E-state index contributed by atoms with van der Waals surface area (Å²) >= 11 is 0. The van der Waals surface area contributed by atoms with Gasteiger partial charge in [-0.05, 0) is 37.6 Å². The van der Waals surface area contributed by atoms with Crippen LogP contribution in [0, 0.1) is 12.3 Å². The molecule has 0 spiro atoms. The minimum absolute atomic E-state index is 0.148. The number of amides is 1. The van der Waals surface area contributed by atoms with E-state index in [9.17, 15) is 4.79 Å². The normalized spacial score (nSPS) is 11.6. The molecule has 1 aromatic rings. The fourth-order valence-corrected chi connectivity index (χ4v) is 1.31. The lowest BCUT2D eigenvalue weighted by atomic mass is 10.1. The summed E-state index contributed by atoms with van der Waals surface area (Å²) in [5.41, 5.74) is 7.18. The lowest BCUT2D eigenvalue weighted by Crippen LogP contribution is -2.31. The Balaban J connectivity index is 2.67. The van der Waals surface area contributed by atoms with Crippen LogP contribution in [0.2, 0.25) is 0 Å². The van der Waals surface area contributed by atoms with Gasteiger partial charge < -0.3 is 11.1 Å². The van der Waals surface area contributed by atoms with Crippen LogP contribution in [0.1, 0.15) is 22.8 Å². The van der Waals surface area contributed by atoms with Crippen molar-refractivity contribution in [2.45, 2.75) is 19.4 Å². The standard InChI is InChI=1S/C13H16N2O/c1-3-10(2)15-13(16)12-6-4-11(5-7-12)8-9-14/h1,4-7,10H,8-9,14H2,2H3,(H,15,16). The SMILES string of the molecule is C#CC(C)NC(=O)c1ccc(CCN)cc1. The highest BCUT2D eigenvalue weighted by Gasteiger charge is 2.07. The molecule has 0 bridgehead atoms. The summed E-state index contributed by atoms with van der Waals surface area (Å²) in [6, 6.07) is 7.12. The van der Waals surface area contributed by atoms with Crippen molar-refractivity contribution in [1.29, 1.82) is 0 Å². The number of nitrogens with one attached hydrogen (secondary N) is 1. The highest BCUT2D eigenvalue weighted by atomic mass is 16.1. The van der Waals surface area contributed by atoms with E-state index in [0.29, 0.717) is 12.1 Å². The van der Waals surface area contributed by atoms with Gasteiger partial charge in [-0.2, -0.15) is 0 Å². The number of terminal acetylenes is 1. The van der Waals surface area contributed by atoms with Crippen LogP contribution in [0.25, 0.3) is 0 Å². The molecule has 0 aliphatic rings. The zero-order chi connectivity index (χ0) is 12.0. The Morgan fingerprint density at radius 3 is 2.62 bits per heavy atom. The number of nitrogens with two attached hydrogens (primary N) is 1. The van der Waals surface area contributed by atoms with E-state index >= 15 is 0 Å². The van der Waals surface area contributed by atoms with Crippen LogP contribution in [-0.4, -0.2) is 18.5 Å². The van der Waals surface area contributed by atoms with Gasteiger partial charge in [0.1, 0.15) is 0 Å². The molecule has 3 nitrogen and oxygen atoms in total. The van der Waals surface area contributed by atoms with E-state index in [1.165, 1.54) is 0 Å². The monoisotopic (exact) mass is 216 g/mol. The van der Waals surface area contributed by atoms with E-state index in [-0.39, 0.29) is 11.9 Å². The van der Waals surface area contributed by atoms with Gasteiger partial charge in [0.25, 0.3) is 5.91 Å². The molecule has 1 unspecified atom stereocenters. The number of carbonyl (C=O) groups excluding carboxylic acids is 1. The molecule has 3 heteroatoms. The molecular formula is C13H16N2O. The smallest absolute Gasteiger partial charge is 0.252 e. The van der Waals surface area contributed by atoms with Gasteiger partial charge >= 0.3 is 0 Å². The first kappa shape index (κ1) is 12.3. The van der Waals surface area contributed by atoms with Crippen molar-refractivity contribution in [3.05, 3.63) is 35.4 Å². The second-order valence-electron chi connectivity index (χ2n) is 3.60. The van der Waals surface area contributed by atoms with Gasteiger partial charge in [-0.3, -0.25) is 4.79 Å². The van der Waals surface area contributed by atoms with Crippen LogP contribution in [0.15, 0.2) is 24.3 Å². The summed E-state index contributed by atoms with van der Waals surface area (Å²) in [6.45, 7) is 2.38. The van der Waals surface area contributed by atoms with Crippen molar-refractivity contribution in [2.24, 2.45) is 5.73 Å². The summed E-state index contributed by atoms with van der Waals surface area (Å²) in [7, 11) is 0. The van der Waals surface area contributed by atoms with Crippen molar-refractivity contribution in [1.82, 2.24) is 5.32 Å². The molecular weight excluding hydrogens is 200 g/mol. The molecule has 0 radical (unpaired) electrons. The fraction of sp³-hybridized carbons (Fsp3) is 0.308. The molecule has 84 valence electrons. The maximum Gasteiger partial charge on any atom is 0.252 e. The third kappa shape index (κ3) is 3.41. The van der Waals surface area contributed by atoms with Gasteiger partial charge in [0.15, 0.2) is 0 Å². The largest absolute Gasteiger partial charge is 0.339 e. The van der Waals surface area contributed by atoms with E-state index in [1.807, 2.05) is 12.1 Å². The number of hydrogen-bond acceptors (Lipinski definition) is 2. The molecule has 0 aliphatic heterocycles. The predicted octanol–water partition coefficient (Wildman–Crippen LogP) is 0.939. The average molecular weight is 216 g/mol. The minimum atomic E-state index is -0.254. The Morgan fingerprint density at radius 2 is 2.12 bits per heavy atom. The van der Waals surface area contributed by atoms with Gasteiger partial charge in [0, 0.05) is 5.56 Å². The van der Waals surface area contributed by atoms with E-state index in [2.05, 4.69) is 11.2 Å². The second-order valence-corrected chi connectivity index (χ2v) is 3.60. The van der Waals surface area contributed by atoms with Crippen molar-refractivity contribution in [2.75, 3.05) is 6.54 Å². The van der Waals surface area contributed by atoms with Crippen LogP contribution in [0.4, 0.5) is 0 Å². The van der Waals surface area contributed by atoms with Crippen molar-refractivity contribution < 1.29 is 4.79 Å². The minimum Gasteiger partial charge on any atom is -0.339 e. The third-order valence-corrected chi connectivity index (χ3v) is 2.25. The molecule has 0 aliphatic carbocycles. The van der Waals surface area contributed by atoms with Crippen LogP contribution in [-0.2, 0) is 6.42 Å². The van der Waals surface area contributed by atoms with E-state index < -0.39 is 0 Å². The van der Waals surface area contributed by atoms with E-state index in [4.69, 9.17) is 12.2 Å². The number of carbonyl (C=O) groups is 1. The topological polar surface area (TPSA) is 55.1 Å². The Kier molecular flexibility index (Phi) is 4.56. The summed E-state index contributed by atoms with van der Waals surface area (Å²) in [5, 5.41) is 2.70. The molecule has 3 N–H and O–H groups in total. The zero-order valence-electron chi connectivity index (χ0n) is 9.36. The molecule has 1 rings (SSSR count). The number of rotatable bonds is 4. The zero-order valence-corrected chi connectivity index (χ0v) is 9.36. The Labute approximate surface area is 96.0 Å². The van der Waals surface area contributed by atoms with E-state index in [0.717, 1.165) is 12.0 Å². The summed E-state index contributed by atoms with van der Waals surface area (Å²) in [4.78, 5) is 11.7. The summed E-state index contributed by atoms with van der Waals surface area (Å²) < 4.78 is 0. The first-order valence-corrected chi connectivity index (χ1v) is 5.23. The molecule has 0 aromatic heterocycles. The Hall–Kier alpha value is -1.79. The molecule has 1 aromatic carbocycles. The molecule has 0 saturated carbocycles. The molecule has 1 atom stereocenters. The quantitative estimate of drug-likeness (QED) is 0.736. The highest BCUT2D eigenvalue weighted by Crippen LogP contribution is 2.05. The lowest BCUT2D eigenvalue weighted by molar-refractivity contribution is 0.0948. The first-order valence-electron chi connectivity index (χ1n) is 5.23. The van der Waals surface area contributed by atoms with Gasteiger partial charge in [0.2, 0.25) is 0 Å². The molecule has 0 saturated heterocycles. The molecule has 1 amide bonds. The van der Waals surface area contributed by atoms with Gasteiger partial charge in [0.05, 0.1) is 6.04 Å². The number of benzene rings is 1. The highest BCUT2D eigenvalue weighted by molar-refractivity contribution is 5.94. The van der Waals surface area contributed by atoms with Crippen molar-refractivity contribution >= 4 is 5.91 Å². The van der Waals surface area contributed by atoms with Crippen LogP contribution < -0.4 is 11.1 Å². The van der Waals surface area contributed by atoms with Gasteiger partial charge in [-0.25, -0.2) is 0 Å². The Bertz CT molecular complexity index is 389. The maximum absolute atomic E-state index is 11.7. The van der Waals surface area contributed by atoms with E-state index in [1.54, 1.807) is 19.1 Å². The lowest BCUT2D eigenvalue weighted by Gasteiger charge is -2.08.